The van der Waals surface area contributed by atoms with Crippen LogP contribution < -0.4 is 20.1 Å². The van der Waals surface area contributed by atoms with Gasteiger partial charge in [0.1, 0.15) is 17.7 Å². The van der Waals surface area contributed by atoms with Crippen LogP contribution in [0.25, 0.3) is 5.65 Å². The third kappa shape index (κ3) is 3.44. The summed E-state index contributed by atoms with van der Waals surface area (Å²) < 4.78 is 21.0. The first-order valence-corrected chi connectivity index (χ1v) is 11.3. The van der Waals surface area contributed by atoms with E-state index >= 15 is 0 Å². The predicted molar refractivity (Wildman–Crippen MR) is 126 cm³/mol. The molecule has 6 rings (SSSR count). The molecule has 0 radical (unpaired) electrons. The average molecular weight is 458 g/mol. The number of hydrogen-bond acceptors (Lipinski definition) is 7. The lowest BCUT2D eigenvalue weighted by Crippen LogP contribution is -2.36. The fourth-order valence-electron chi connectivity index (χ4n) is 4.76. The summed E-state index contributed by atoms with van der Waals surface area (Å²) in [6.07, 6.45) is 4.07. The van der Waals surface area contributed by atoms with E-state index in [1.165, 1.54) is 28.9 Å². The van der Waals surface area contributed by atoms with Gasteiger partial charge in [-0.05, 0) is 49.2 Å². The molecule has 4 aromatic rings. The summed E-state index contributed by atoms with van der Waals surface area (Å²) in [5, 5.41) is 4.62. The van der Waals surface area contributed by atoms with Crippen molar-refractivity contribution in [3.05, 3.63) is 81.8 Å². The van der Waals surface area contributed by atoms with Crippen LogP contribution in [0.5, 0.6) is 5.75 Å². The van der Waals surface area contributed by atoms with Crippen molar-refractivity contribution in [3.63, 3.8) is 0 Å². The lowest BCUT2D eigenvalue weighted by Gasteiger charge is -2.36. The minimum Gasteiger partial charge on any atom is -0.487 e. The van der Waals surface area contributed by atoms with Crippen molar-refractivity contribution in [2.75, 3.05) is 22.9 Å². The van der Waals surface area contributed by atoms with Gasteiger partial charge in [-0.15, -0.1) is 5.10 Å². The van der Waals surface area contributed by atoms with E-state index in [2.05, 4.69) is 25.9 Å². The molecule has 3 aromatic heterocycles. The minimum atomic E-state index is -0.320. The van der Waals surface area contributed by atoms with E-state index in [0.29, 0.717) is 24.5 Å². The summed E-state index contributed by atoms with van der Waals surface area (Å²) in [6.45, 7) is 5.98. The summed E-state index contributed by atoms with van der Waals surface area (Å²) in [6, 6.07) is 10.1. The Morgan fingerprint density at radius 1 is 1.15 bits per heavy atom. The van der Waals surface area contributed by atoms with E-state index in [4.69, 9.17) is 9.72 Å². The average Bonchev–Trinajstić information content (AvgIpc) is 2.82. The van der Waals surface area contributed by atoms with Crippen molar-refractivity contribution >= 4 is 22.8 Å². The maximum absolute atomic E-state index is 13.8. The number of rotatable bonds is 2. The molecule has 1 unspecified atom stereocenters. The fourth-order valence-corrected chi connectivity index (χ4v) is 4.76. The molecule has 0 spiro atoms. The van der Waals surface area contributed by atoms with Gasteiger partial charge in [-0.3, -0.25) is 9.78 Å². The molecule has 5 heterocycles. The highest BCUT2D eigenvalue weighted by molar-refractivity contribution is 5.71. The Balaban J connectivity index is 1.36. The van der Waals surface area contributed by atoms with Gasteiger partial charge in [0, 0.05) is 43.5 Å². The second-order valence-electron chi connectivity index (χ2n) is 8.83. The molecule has 0 bridgehead atoms. The summed E-state index contributed by atoms with van der Waals surface area (Å²) in [5.74, 6) is 0.979. The van der Waals surface area contributed by atoms with Gasteiger partial charge in [0.15, 0.2) is 11.5 Å². The van der Waals surface area contributed by atoms with Gasteiger partial charge in [0.2, 0.25) is 0 Å². The quantitative estimate of drug-likeness (QED) is 0.456. The van der Waals surface area contributed by atoms with Gasteiger partial charge in [-0.1, -0.05) is 0 Å². The van der Waals surface area contributed by atoms with Crippen LogP contribution in [0.15, 0.2) is 53.6 Å². The second-order valence-corrected chi connectivity index (χ2v) is 8.83. The van der Waals surface area contributed by atoms with Crippen LogP contribution >= 0.6 is 0 Å². The summed E-state index contributed by atoms with van der Waals surface area (Å²) in [5.41, 5.74) is 5.21. The summed E-state index contributed by atoms with van der Waals surface area (Å²) >= 11 is 0. The monoisotopic (exact) mass is 458 g/mol. The second kappa shape index (κ2) is 7.79. The highest BCUT2D eigenvalue weighted by Crippen LogP contribution is 2.39. The molecule has 0 amide bonds. The third-order valence-corrected chi connectivity index (χ3v) is 6.36. The van der Waals surface area contributed by atoms with E-state index in [1.54, 1.807) is 6.07 Å². The Morgan fingerprint density at radius 2 is 2.03 bits per heavy atom. The van der Waals surface area contributed by atoms with E-state index < -0.39 is 0 Å². The first-order chi connectivity index (χ1) is 16.5. The molecule has 9 heteroatoms. The number of fused-ring (bicyclic) bond motifs is 3. The largest absolute Gasteiger partial charge is 0.487 e. The van der Waals surface area contributed by atoms with Crippen molar-refractivity contribution in [3.8, 4) is 5.75 Å². The molecular formula is C25H23FN6O2. The van der Waals surface area contributed by atoms with E-state index in [-0.39, 0.29) is 17.5 Å². The zero-order chi connectivity index (χ0) is 23.4. The zero-order valence-electron chi connectivity index (χ0n) is 18.9. The fraction of sp³-hybridized carbons (Fsp3) is 0.280. The van der Waals surface area contributed by atoms with Crippen LogP contribution in [-0.4, -0.2) is 38.8 Å². The van der Waals surface area contributed by atoms with Gasteiger partial charge >= 0.3 is 0 Å². The first-order valence-electron chi connectivity index (χ1n) is 11.3. The van der Waals surface area contributed by atoms with Gasteiger partial charge < -0.3 is 14.5 Å². The molecule has 2 aliphatic heterocycles. The smallest absolute Gasteiger partial charge is 0.274 e. The van der Waals surface area contributed by atoms with Crippen molar-refractivity contribution in [1.29, 1.82) is 0 Å². The standard InChI is InChI=1S/C25H23FN6O2/c1-15-9-23-27-7-5-24(33)32(23)29-25(15)30-8-6-20-17(14-30)10-19(12-28-20)31-13-16(2)34-22-11-18(26)3-4-21(22)31/h3-5,7,9-12,16H,6,8,13-14H2,1-2H3. The van der Waals surface area contributed by atoms with Crippen LogP contribution in [0.4, 0.5) is 21.6 Å². The number of nitrogens with zero attached hydrogens (tertiary/aromatic N) is 6. The molecule has 0 saturated heterocycles. The van der Waals surface area contributed by atoms with Gasteiger partial charge in [-0.2, -0.15) is 4.52 Å². The maximum Gasteiger partial charge on any atom is 0.274 e. The van der Waals surface area contributed by atoms with Crippen LogP contribution in [0.2, 0.25) is 0 Å². The Bertz CT molecular complexity index is 1490. The highest BCUT2D eigenvalue weighted by atomic mass is 19.1. The van der Waals surface area contributed by atoms with Crippen molar-refractivity contribution in [1.82, 2.24) is 19.6 Å². The van der Waals surface area contributed by atoms with E-state index in [0.717, 1.165) is 47.0 Å². The number of aromatic nitrogens is 4. The molecule has 172 valence electrons. The molecule has 34 heavy (non-hydrogen) atoms. The number of ether oxygens (including phenoxy) is 1. The third-order valence-electron chi connectivity index (χ3n) is 6.36. The molecule has 0 fully saturated rings. The van der Waals surface area contributed by atoms with Crippen LogP contribution in [0.1, 0.15) is 23.7 Å². The number of pyridine rings is 1. The van der Waals surface area contributed by atoms with Crippen molar-refractivity contribution < 1.29 is 9.13 Å². The molecule has 0 saturated carbocycles. The molecule has 1 aromatic carbocycles. The molecule has 0 N–H and O–H groups in total. The maximum atomic E-state index is 13.8. The normalized spacial score (nSPS) is 17.3. The van der Waals surface area contributed by atoms with Crippen LogP contribution in [0, 0.1) is 12.7 Å². The van der Waals surface area contributed by atoms with Crippen LogP contribution in [0.3, 0.4) is 0 Å². The molecule has 8 nitrogen and oxygen atoms in total. The number of benzene rings is 1. The zero-order valence-corrected chi connectivity index (χ0v) is 18.9. The number of halogens is 1. The van der Waals surface area contributed by atoms with Crippen molar-refractivity contribution in [2.24, 2.45) is 0 Å². The number of hydrogen-bond donors (Lipinski definition) is 0. The lowest BCUT2D eigenvalue weighted by atomic mass is 10.0. The Kier molecular flexibility index (Phi) is 4.72. The minimum absolute atomic E-state index is 0.0850. The number of anilines is 3. The van der Waals surface area contributed by atoms with Crippen LogP contribution in [-0.2, 0) is 13.0 Å². The summed E-state index contributed by atoms with van der Waals surface area (Å²) in [7, 11) is 0. The van der Waals surface area contributed by atoms with E-state index in [1.807, 2.05) is 26.1 Å². The predicted octanol–water partition coefficient (Wildman–Crippen LogP) is 3.41. The SMILES string of the molecule is Cc1cc2nccc(=O)n2nc1N1CCc2ncc(N3CC(C)Oc4cc(F)ccc43)cc2C1. The van der Waals surface area contributed by atoms with Gasteiger partial charge in [-0.25, -0.2) is 9.37 Å². The van der Waals surface area contributed by atoms with Gasteiger partial charge in [0.05, 0.1) is 24.1 Å². The topological polar surface area (TPSA) is 75.9 Å². The summed E-state index contributed by atoms with van der Waals surface area (Å²) in [4.78, 5) is 25.6. The lowest BCUT2D eigenvalue weighted by molar-refractivity contribution is 0.216. The van der Waals surface area contributed by atoms with Gasteiger partial charge in [0.25, 0.3) is 5.56 Å². The first kappa shape index (κ1) is 20.6. The van der Waals surface area contributed by atoms with Crippen molar-refractivity contribution in [2.45, 2.75) is 32.9 Å². The molecule has 0 aliphatic carbocycles. The Morgan fingerprint density at radius 3 is 2.91 bits per heavy atom. The molecule has 2 aliphatic rings. The molecular weight excluding hydrogens is 435 g/mol. The van der Waals surface area contributed by atoms with E-state index in [9.17, 15) is 9.18 Å². The number of aryl methyl sites for hydroxylation is 1. The Hall–Kier alpha value is -4.01. The Labute approximate surface area is 195 Å². The highest BCUT2D eigenvalue weighted by Gasteiger charge is 2.27. The molecule has 1 atom stereocenters.